The number of rotatable bonds is 5. The smallest absolute Gasteiger partial charge is 0.302 e. The predicted octanol–water partition coefficient (Wildman–Crippen LogP) is 4.78. The number of benzene rings is 2. The molecule has 0 aliphatic rings. The third-order valence-electron chi connectivity index (χ3n) is 3.48. The van der Waals surface area contributed by atoms with Gasteiger partial charge in [0.05, 0.1) is 0 Å². The quantitative estimate of drug-likeness (QED) is 0.609. The van der Waals surface area contributed by atoms with Crippen LogP contribution in [0.25, 0.3) is 11.1 Å². The fourth-order valence-corrected chi connectivity index (χ4v) is 2.35. The van der Waals surface area contributed by atoms with Crippen LogP contribution in [0.1, 0.15) is 6.92 Å². The van der Waals surface area contributed by atoms with Gasteiger partial charge >= 0.3 is 6.01 Å². The molecular weight excluding hydrogens is 351 g/mol. The van der Waals surface area contributed by atoms with Gasteiger partial charge in [0, 0.05) is 17.8 Å². The Morgan fingerprint density at radius 3 is 2.62 bits per heavy atom. The summed E-state index contributed by atoms with van der Waals surface area (Å²) < 4.78 is 11.2. The van der Waals surface area contributed by atoms with E-state index in [1.165, 1.54) is 0 Å². The Bertz CT molecular complexity index is 877. The zero-order valence-electron chi connectivity index (χ0n) is 13.0. The van der Waals surface area contributed by atoms with E-state index in [-0.39, 0.29) is 0 Å². The molecule has 0 fully saturated rings. The van der Waals surface area contributed by atoms with Gasteiger partial charge in [0.25, 0.3) is 5.24 Å². The molecule has 0 aliphatic carbocycles. The molecule has 0 bridgehead atoms. The lowest BCUT2D eigenvalue weighted by Gasteiger charge is -2.16. The van der Waals surface area contributed by atoms with Crippen molar-refractivity contribution in [3.63, 3.8) is 0 Å². The first-order valence-electron chi connectivity index (χ1n) is 7.20. The average molecular weight is 365 g/mol. The molecule has 0 spiro atoms. The normalized spacial score (nSPS) is 12.2. The zero-order valence-corrected chi connectivity index (χ0v) is 14.5. The number of ether oxygens (including phenoxy) is 1. The molecule has 3 rings (SSSR count). The summed E-state index contributed by atoms with van der Waals surface area (Å²) in [5.74, 6) is 0.554. The van der Waals surface area contributed by atoms with E-state index in [1.807, 2.05) is 19.2 Å². The Morgan fingerprint density at radius 1 is 1.25 bits per heavy atom. The van der Waals surface area contributed by atoms with E-state index < -0.39 is 11.3 Å². The van der Waals surface area contributed by atoms with Gasteiger partial charge in [-0.25, -0.2) is 0 Å². The highest BCUT2D eigenvalue weighted by atomic mass is 35.5. The minimum Gasteiger partial charge on any atom is -0.482 e. The van der Waals surface area contributed by atoms with Crippen LogP contribution < -0.4 is 9.64 Å². The van der Waals surface area contributed by atoms with Gasteiger partial charge < -0.3 is 9.15 Å². The number of carbonyl (C=O) groups is 1. The Hall–Kier alpha value is -2.24. The monoisotopic (exact) mass is 364 g/mol. The van der Waals surface area contributed by atoms with Crippen LogP contribution >= 0.6 is 23.2 Å². The Labute approximate surface area is 148 Å². The standard InChI is InChI=1S/C17H14Cl2N2O3/c1-10(16(19)22)23-13-6-4-12(5-7-13)21(2)17-20-14-9-11(18)3-8-15(14)24-17/h3-10H,1-2H3. The average Bonchev–Trinajstić information content (AvgIpc) is 2.97. The molecule has 1 aromatic heterocycles. The molecule has 7 heteroatoms. The van der Waals surface area contributed by atoms with E-state index in [4.69, 9.17) is 32.4 Å². The molecule has 0 saturated carbocycles. The van der Waals surface area contributed by atoms with Crippen molar-refractivity contribution in [2.45, 2.75) is 13.0 Å². The van der Waals surface area contributed by atoms with Gasteiger partial charge in [-0.1, -0.05) is 11.6 Å². The summed E-state index contributed by atoms with van der Waals surface area (Å²) in [6.07, 6.45) is -0.697. The number of anilines is 2. The molecule has 0 amide bonds. The number of aromatic nitrogens is 1. The van der Waals surface area contributed by atoms with Crippen molar-refractivity contribution in [1.29, 1.82) is 0 Å². The lowest BCUT2D eigenvalue weighted by Crippen LogP contribution is -2.18. The molecular formula is C17H14Cl2N2O3. The molecule has 5 nitrogen and oxygen atoms in total. The lowest BCUT2D eigenvalue weighted by atomic mass is 10.3. The Balaban J connectivity index is 1.81. The third kappa shape index (κ3) is 3.47. The van der Waals surface area contributed by atoms with Gasteiger partial charge in [-0.05, 0) is 61.0 Å². The molecule has 24 heavy (non-hydrogen) atoms. The molecule has 1 heterocycles. The van der Waals surface area contributed by atoms with Crippen LogP contribution in [0.15, 0.2) is 46.9 Å². The molecule has 0 N–H and O–H groups in total. The minimum atomic E-state index is -0.697. The fraction of sp³-hybridized carbons (Fsp3) is 0.176. The predicted molar refractivity (Wildman–Crippen MR) is 94.5 cm³/mol. The number of oxazole rings is 1. The van der Waals surface area contributed by atoms with Crippen LogP contribution in [-0.2, 0) is 4.79 Å². The van der Waals surface area contributed by atoms with Crippen molar-refractivity contribution in [3.05, 3.63) is 47.5 Å². The number of halogens is 2. The molecule has 1 unspecified atom stereocenters. The van der Waals surface area contributed by atoms with Crippen LogP contribution in [0.5, 0.6) is 5.75 Å². The van der Waals surface area contributed by atoms with E-state index in [0.717, 1.165) is 5.69 Å². The van der Waals surface area contributed by atoms with E-state index in [1.54, 1.807) is 42.2 Å². The second-order valence-corrected chi connectivity index (χ2v) is 6.03. The van der Waals surface area contributed by atoms with Crippen LogP contribution in [0.3, 0.4) is 0 Å². The van der Waals surface area contributed by atoms with Gasteiger partial charge in [-0.3, -0.25) is 9.69 Å². The summed E-state index contributed by atoms with van der Waals surface area (Å²) in [5.41, 5.74) is 2.21. The summed E-state index contributed by atoms with van der Waals surface area (Å²) in [5, 5.41) is 0.0656. The maximum Gasteiger partial charge on any atom is 0.302 e. The Kier molecular flexibility index (Phi) is 4.64. The summed E-state index contributed by atoms with van der Waals surface area (Å²) in [6.45, 7) is 1.60. The first-order chi connectivity index (χ1) is 11.4. The van der Waals surface area contributed by atoms with E-state index in [2.05, 4.69) is 4.98 Å². The fourth-order valence-electron chi connectivity index (χ4n) is 2.14. The lowest BCUT2D eigenvalue weighted by molar-refractivity contribution is -0.117. The van der Waals surface area contributed by atoms with Gasteiger partial charge in [0.15, 0.2) is 11.7 Å². The summed E-state index contributed by atoms with van der Waals surface area (Å²) in [7, 11) is 1.84. The van der Waals surface area contributed by atoms with Gasteiger partial charge in [0.1, 0.15) is 11.3 Å². The maximum atomic E-state index is 11.0. The second-order valence-electron chi connectivity index (χ2n) is 5.23. The van der Waals surface area contributed by atoms with Crippen molar-refractivity contribution < 1.29 is 13.9 Å². The van der Waals surface area contributed by atoms with Crippen molar-refractivity contribution in [1.82, 2.24) is 4.98 Å². The molecule has 0 radical (unpaired) electrons. The number of carbonyl (C=O) groups excluding carboxylic acids is 1. The minimum absolute atomic E-state index is 0.449. The first kappa shape index (κ1) is 16.6. The van der Waals surface area contributed by atoms with E-state index in [9.17, 15) is 4.79 Å². The molecule has 124 valence electrons. The van der Waals surface area contributed by atoms with Crippen LogP contribution in [0, 0.1) is 0 Å². The summed E-state index contributed by atoms with van der Waals surface area (Å²) in [6, 6.07) is 12.9. The number of fused-ring (bicyclic) bond motifs is 1. The molecule has 0 saturated heterocycles. The van der Waals surface area contributed by atoms with Crippen LogP contribution in [0.4, 0.5) is 11.7 Å². The number of hydrogen-bond acceptors (Lipinski definition) is 5. The first-order valence-corrected chi connectivity index (χ1v) is 7.95. The van der Waals surface area contributed by atoms with Crippen LogP contribution in [-0.4, -0.2) is 23.4 Å². The van der Waals surface area contributed by atoms with Crippen molar-refractivity contribution in [2.24, 2.45) is 0 Å². The summed E-state index contributed by atoms with van der Waals surface area (Å²) >= 11 is 11.4. The number of nitrogens with zero attached hydrogens (tertiary/aromatic N) is 2. The Morgan fingerprint density at radius 2 is 1.96 bits per heavy atom. The highest BCUT2D eigenvalue weighted by molar-refractivity contribution is 6.64. The van der Waals surface area contributed by atoms with Gasteiger partial charge in [-0.15, -0.1) is 0 Å². The topological polar surface area (TPSA) is 55.6 Å². The number of hydrogen-bond donors (Lipinski definition) is 0. The largest absolute Gasteiger partial charge is 0.482 e. The van der Waals surface area contributed by atoms with Crippen molar-refractivity contribution >= 4 is 51.2 Å². The highest BCUT2D eigenvalue weighted by Gasteiger charge is 2.14. The molecule has 2 aromatic carbocycles. The SMILES string of the molecule is CC(Oc1ccc(N(C)c2nc3cc(Cl)ccc3o2)cc1)C(=O)Cl. The van der Waals surface area contributed by atoms with Gasteiger partial charge in [-0.2, -0.15) is 4.98 Å². The van der Waals surface area contributed by atoms with E-state index >= 15 is 0 Å². The van der Waals surface area contributed by atoms with E-state index in [0.29, 0.717) is 27.9 Å². The molecule has 0 aliphatic heterocycles. The maximum absolute atomic E-state index is 11.0. The second kappa shape index (κ2) is 6.71. The molecule has 1 atom stereocenters. The summed E-state index contributed by atoms with van der Waals surface area (Å²) in [4.78, 5) is 17.2. The molecule has 3 aromatic rings. The van der Waals surface area contributed by atoms with Crippen molar-refractivity contribution in [3.8, 4) is 5.75 Å². The van der Waals surface area contributed by atoms with Crippen molar-refractivity contribution in [2.75, 3.05) is 11.9 Å². The third-order valence-corrected chi connectivity index (χ3v) is 4.02. The zero-order chi connectivity index (χ0) is 17.3. The van der Waals surface area contributed by atoms with Crippen LogP contribution in [0.2, 0.25) is 5.02 Å². The van der Waals surface area contributed by atoms with Gasteiger partial charge in [0.2, 0.25) is 0 Å². The highest BCUT2D eigenvalue weighted by Crippen LogP contribution is 2.29.